The lowest BCUT2D eigenvalue weighted by molar-refractivity contribution is -0.130. The molecule has 4 rings (SSSR count). The molecule has 9 heteroatoms. The zero-order chi connectivity index (χ0) is 30.8. The fourth-order valence-electron chi connectivity index (χ4n) is 6.36. The highest BCUT2D eigenvalue weighted by atomic mass is 32.1. The van der Waals surface area contributed by atoms with Gasteiger partial charge in [-0.2, -0.15) is 0 Å². The number of nitrogens with one attached hydrogen (secondary N) is 2. The van der Waals surface area contributed by atoms with Crippen LogP contribution >= 0.6 is 11.3 Å². The Bertz CT molecular complexity index is 1250. The van der Waals surface area contributed by atoms with Crippen molar-refractivity contribution >= 4 is 39.2 Å². The second-order valence-electron chi connectivity index (χ2n) is 12.6. The number of fused-ring (bicyclic) bond motifs is 1. The van der Waals surface area contributed by atoms with Crippen LogP contribution in [0.15, 0.2) is 30.4 Å². The lowest BCUT2D eigenvalue weighted by Gasteiger charge is -2.32. The second kappa shape index (κ2) is 16.5. The van der Waals surface area contributed by atoms with Crippen molar-refractivity contribution in [3.05, 3.63) is 40.9 Å². The minimum Gasteiger partial charge on any atom is -0.359 e. The van der Waals surface area contributed by atoms with Gasteiger partial charge in [0.2, 0.25) is 11.8 Å². The summed E-state index contributed by atoms with van der Waals surface area (Å²) in [6, 6.07) is 6.19. The molecule has 0 bridgehead atoms. The van der Waals surface area contributed by atoms with E-state index in [1.165, 1.54) is 37.7 Å². The van der Waals surface area contributed by atoms with Crippen LogP contribution < -0.4 is 10.6 Å². The number of carbonyl (C=O) groups is 3. The highest BCUT2D eigenvalue weighted by Gasteiger charge is 2.28. The molecular formula is C34H51N5O3S. The molecule has 2 atom stereocenters. The summed E-state index contributed by atoms with van der Waals surface area (Å²) in [6.07, 6.45) is 9.38. The van der Waals surface area contributed by atoms with Crippen LogP contribution in [0, 0.1) is 11.8 Å². The number of aromatic nitrogens is 1. The Morgan fingerprint density at radius 2 is 1.86 bits per heavy atom. The lowest BCUT2D eigenvalue weighted by Crippen LogP contribution is -2.45. The van der Waals surface area contributed by atoms with E-state index in [9.17, 15) is 14.4 Å². The van der Waals surface area contributed by atoms with Crippen LogP contribution in [0.5, 0.6) is 0 Å². The number of likely N-dealkylation sites (N-methyl/N-ethyl adjacent to an activating group) is 1. The normalized spacial score (nSPS) is 18.3. The van der Waals surface area contributed by atoms with Crippen LogP contribution in [0.2, 0.25) is 0 Å². The Hall–Kier alpha value is -2.62. The Morgan fingerprint density at radius 3 is 2.56 bits per heavy atom. The molecule has 1 aliphatic carbocycles. The predicted octanol–water partition coefficient (Wildman–Crippen LogP) is 4.76. The molecular weight excluding hydrogens is 558 g/mol. The largest absolute Gasteiger partial charge is 0.359 e. The SMILES string of the molecule is C=C(CN1CCN(C)CC1)C(=O)CC[C@H](CC1CCCCC1)NC(=O)[C@@H](CC(=O)NC)Cc1nc2ccc(CC)cc2s1. The Morgan fingerprint density at radius 1 is 1.12 bits per heavy atom. The van der Waals surface area contributed by atoms with Crippen molar-refractivity contribution < 1.29 is 14.4 Å². The van der Waals surface area contributed by atoms with Gasteiger partial charge in [-0.1, -0.05) is 51.7 Å². The van der Waals surface area contributed by atoms with Gasteiger partial charge in [0, 0.05) is 70.6 Å². The Balaban J connectivity index is 1.41. The summed E-state index contributed by atoms with van der Waals surface area (Å²) in [4.78, 5) is 48.8. The number of Topliss-reactive ketones (excluding diaryl/α,β-unsaturated/α-hetero) is 1. The van der Waals surface area contributed by atoms with Gasteiger partial charge in [0.25, 0.3) is 0 Å². The van der Waals surface area contributed by atoms with Gasteiger partial charge < -0.3 is 15.5 Å². The summed E-state index contributed by atoms with van der Waals surface area (Å²) < 4.78 is 1.11. The third-order valence-electron chi connectivity index (χ3n) is 9.22. The average molecular weight is 610 g/mol. The third kappa shape index (κ3) is 10.2. The Kier molecular flexibility index (Phi) is 12.7. The zero-order valence-corrected chi connectivity index (χ0v) is 27.3. The number of hydrogen-bond acceptors (Lipinski definition) is 7. The van der Waals surface area contributed by atoms with Gasteiger partial charge in [-0.25, -0.2) is 4.98 Å². The summed E-state index contributed by atoms with van der Waals surface area (Å²) in [6.45, 7) is 10.8. The molecule has 0 radical (unpaired) electrons. The standard InChI is InChI=1S/C34H51N5O3S/c1-5-25-11-13-29-31(20-25)43-33(37-29)22-27(21-32(41)35-3)34(42)36-28(19-26-9-7-6-8-10-26)12-14-30(40)24(2)23-39-17-15-38(4)16-18-39/h11,13,20,26-28H,2,5-10,12,14-19,21-23H2,1,3-4H3,(H,35,41)(H,36,42)/t27-,28+/m0/s1. The maximum absolute atomic E-state index is 13.8. The van der Waals surface area contributed by atoms with E-state index >= 15 is 0 Å². The molecule has 0 spiro atoms. The first kappa shape index (κ1) is 33.3. The minimum absolute atomic E-state index is 0.0876. The first-order valence-corrected chi connectivity index (χ1v) is 17.1. The summed E-state index contributed by atoms with van der Waals surface area (Å²) in [7, 11) is 3.73. The van der Waals surface area contributed by atoms with E-state index in [2.05, 4.69) is 53.1 Å². The van der Waals surface area contributed by atoms with Crippen molar-refractivity contribution in [1.29, 1.82) is 0 Å². The maximum atomic E-state index is 13.8. The molecule has 236 valence electrons. The molecule has 1 aromatic carbocycles. The fourth-order valence-corrected chi connectivity index (χ4v) is 7.47. The summed E-state index contributed by atoms with van der Waals surface area (Å²) in [5.41, 5.74) is 2.85. The number of benzene rings is 1. The van der Waals surface area contributed by atoms with Gasteiger partial charge >= 0.3 is 0 Å². The third-order valence-corrected chi connectivity index (χ3v) is 10.3. The summed E-state index contributed by atoms with van der Waals surface area (Å²) in [5.74, 6) is -0.167. The molecule has 2 aliphatic rings. The first-order chi connectivity index (χ1) is 20.7. The molecule has 1 aromatic heterocycles. The summed E-state index contributed by atoms with van der Waals surface area (Å²) >= 11 is 1.60. The summed E-state index contributed by atoms with van der Waals surface area (Å²) in [5, 5.41) is 6.86. The van der Waals surface area contributed by atoms with Gasteiger partial charge in [0.1, 0.15) is 0 Å². The van der Waals surface area contributed by atoms with Gasteiger partial charge in [-0.15, -0.1) is 11.3 Å². The molecule has 2 N–H and O–H groups in total. The number of ketones is 1. The van der Waals surface area contributed by atoms with Gasteiger partial charge in [-0.05, 0) is 49.9 Å². The smallest absolute Gasteiger partial charge is 0.224 e. The highest BCUT2D eigenvalue weighted by molar-refractivity contribution is 7.18. The number of piperazine rings is 1. The molecule has 2 amide bonds. The van der Waals surface area contributed by atoms with Crippen LogP contribution in [-0.2, 0) is 27.2 Å². The number of nitrogens with zero attached hydrogens (tertiary/aromatic N) is 3. The van der Waals surface area contributed by atoms with E-state index in [1.807, 2.05) is 6.07 Å². The minimum atomic E-state index is -0.525. The van der Waals surface area contributed by atoms with Gasteiger partial charge in [-0.3, -0.25) is 19.3 Å². The highest BCUT2D eigenvalue weighted by Crippen LogP contribution is 2.30. The van der Waals surface area contributed by atoms with Crippen molar-refractivity contribution in [2.45, 2.75) is 83.6 Å². The number of rotatable bonds is 15. The topological polar surface area (TPSA) is 94.6 Å². The van der Waals surface area contributed by atoms with Crippen molar-refractivity contribution in [1.82, 2.24) is 25.4 Å². The maximum Gasteiger partial charge on any atom is 0.224 e. The van der Waals surface area contributed by atoms with Crippen molar-refractivity contribution in [3.8, 4) is 0 Å². The van der Waals surface area contributed by atoms with Crippen molar-refractivity contribution in [3.63, 3.8) is 0 Å². The quantitative estimate of drug-likeness (QED) is 0.283. The van der Waals surface area contributed by atoms with E-state index in [1.54, 1.807) is 18.4 Å². The zero-order valence-electron chi connectivity index (χ0n) is 26.5. The van der Waals surface area contributed by atoms with Crippen LogP contribution in [0.25, 0.3) is 10.2 Å². The van der Waals surface area contributed by atoms with Gasteiger partial charge in [0.15, 0.2) is 5.78 Å². The van der Waals surface area contributed by atoms with E-state index in [-0.39, 0.29) is 30.1 Å². The molecule has 1 saturated heterocycles. The number of hydrogen-bond donors (Lipinski definition) is 2. The first-order valence-electron chi connectivity index (χ1n) is 16.2. The molecule has 2 fully saturated rings. The number of thiazole rings is 1. The van der Waals surface area contributed by atoms with Crippen LogP contribution in [0.1, 0.15) is 75.3 Å². The van der Waals surface area contributed by atoms with Gasteiger partial charge in [0.05, 0.1) is 21.1 Å². The van der Waals surface area contributed by atoms with Crippen LogP contribution in [-0.4, -0.2) is 85.2 Å². The molecule has 1 aliphatic heterocycles. The number of amides is 2. The number of aryl methyl sites for hydroxylation is 1. The van der Waals surface area contributed by atoms with E-state index in [4.69, 9.17) is 4.98 Å². The van der Waals surface area contributed by atoms with Crippen molar-refractivity contribution in [2.24, 2.45) is 11.8 Å². The fraction of sp³-hybridized carbons (Fsp3) is 0.647. The molecule has 8 nitrogen and oxygen atoms in total. The second-order valence-corrected chi connectivity index (χ2v) is 13.7. The van der Waals surface area contributed by atoms with Crippen LogP contribution in [0.3, 0.4) is 0 Å². The predicted molar refractivity (Wildman–Crippen MR) is 175 cm³/mol. The molecule has 1 saturated carbocycles. The monoisotopic (exact) mass is 609 g/mol. The van der Waals surface area contributed by atoms with E-state index in [0.29, 0.717) is 37.3 Å². The lowest BCUT2D eigenvalue weighted by atomic mass is 9.83. The molecule has 2 heterocycles. The number of carbonyl (C=O) groups excluding carboxylic acids is 3. The molecule has 0 unspecified atom stereocenters. The van der Waals surface area contributed by atoms with Crippen LogP contribution in [0.4, 0.5) is 0 Å². The molecule has 43 heavy (non-hydrogen) atoms. The average Bonchev–Trinajstić information content (AvgIpc) is 3.42. The Labute approximate surface area is 261 Å². The van der Waals surface area contributed by atoms with Crippen molar-refractivity contribution in [2.75, 3.05) is 46.8 Å². The molecule has 2 aromatic rings. The van der Waals surface area contributed by atoms with E-state index < -0.39 is 5.92 Å². The van der Waals surface area contributed by atoms with E-state index in [0.717, 1.165) is 54.2 Å².